The monoisotopic (exact) mass is 286 g/mol. The minimum atomic E-state index is -3.74. The molecule has 1 heterocycles. The molecule has 1 aliphatic rings. The van der Waals surface area contributed by atoms with Crippen LogP contribution in [0, 0.1) is 0 Å². The molecule has 0 aromatic carbocycles. The van der Waals surface area contributed by atoms with Gasteiger partial charge < -0.3 is 8.61 Å². The smallest absolute Gasteiger partial charge is 0.0801 e. The lowest BCUT2D eigenvalue weighted by molar-refractivity contribution is -0.895. The maximum atomic E-state index is 10.1. The van der Waals surface area contributed by atoms with Gasteiger partial charge in [0.1, 0.15) is 0 Å². The number of nitrogens with zero attached hydrogens (tertiary/aromatic N) is 2. The van der Waals surface area contributed by atoms with Crippen LogP contribution < -0.4 is 0 Å². The van der Waals surface area contributed by atoms with E-state index in [1.54, 1.807) is 0 Å². The van der Waals surface area contributed by atoms with Gasteiger partial charge in [-0.25, -0.2) is 16.8 Å². The van der Waals surface area contributed by atoms with Gasteiger partial charge in [0.15, 0.2) is 0 Å². The zero-order valence-electron chi connectivity index (χ0n) is 10.9. The molecule has 17 heavy (non-hydrogen) atoms. The summed E-state index contributed by atoms with van der Waals surface area (Å²) in [4.78, 5) is 0. The second-order valence-corrected chi connectivity index (χ2v) is 8.16. The van der Waals surface area contributed by atoms with Crippen molar-refractivity contribution in [1.82, 2.24) is 0 Å². The summed E-state index contributed by atoms with van der Waals surface area (Å²) in [5, 5.41) is 0. The van der Waals surface area contributed by atoms with Gasteiger partial charge in [-0.1, -0.05) is 0 Å². The van der Waals surface area contributed by atoms with Crippen LogP contribution >= 0.6 is 0 Å². The molecule has 0 radical (unpaired) electrons. The van der Waals surface area contributed by atoms with E-state index in [2.05, 4.69) is 18.1 Å². The van der Waals surface area contributed by atoms with Gasteiger partial charge in [0.2, 0.25) is 0 Å². The normalized spacial score (nSPS) is 19.5. The summed E-state index contributed by atoms with van der Waals surface area (Å²) in [6.45, 7) is 6.43. The van der Waals surface area contributed by atoms with Crippen LogP contribution in [0.3, 0.4) is 0 Å². The fourth-order valence-corrected chi connectivity index (χ4v) is 3.63. The summed E-state index contributed by atoms with van der Waals surface area (Å²) in [5.74, 6) is 0. The van der Waals surface area contributed by atoms with E-state index in [-0.39, 0.29) is 0 Å². The van der Waals surface area contributed by atoms with Crippen molar-refractivity contribution in [1.29, 1.82) is 0 Å². The SMILES string of the molecule is CC[N+]1(C)CCCC1.CS(=O)(=O)[N-]S(C)(=O)=O. The van der Waals surface area contributed by atoms with E-state index in [1.807, 2.05) is 0 Å². The molecule has 0 amide bonds. The standard InChI is InChI=1S/C7H16N.C2H6NO4S2/c1-3-8(2)6-4-5-7-8;1-8(4,5)3-9(2,6)7/h3-7H2,1-2H3;1-2H3/q+1;-1. The van der Waals surface area contributed by atoms with Gasteiger partial charge in [0.05, 0.1) is 46.7 Å². The van der Waals surface area contributed by atoms with Crippen molar-refractivity contribution >= 4 is 20.0 Å². The molecule has 0 unspecified atom stereocenters. The highest BCUT2D eigenvalue weighted by Gasteiger charge is 2.23. The van der Waals surface area contributed by atoms with Gasteiger partial charge >= 0.3 is 0 Å². The lowest BCUT2D eigenvalue weighted by atomic mass is 10.4. The molecule has 104 valence electrons. The zero-order chi connectivity index (χ0) is 13.7. The van der Waals surface area contributed by atoms with Crippen LogP contribution in [0.25, 0.3) is 4.13 Å². The molecule has 0 N–H and O–H groups in total. The van der Waals surface area contributed by atoms with Crippen LogP contribution in [-0.2, 0) is 20.0 Å². The summed E-state index contributed by atoms with van der Waals surface area (Å²) in [6, 6.07) is 0. The fourth-order valence-electron chi connectivity index (χ4n) is 1.66. The minimum Gasteiger partial charge on any atom is -0.437 e. The van der Waals surface area contributed by atoms with Gasteiger partial charge in [-0.15, -0.1) is 0 Å². The molecule has 0 atom stereocenters. The Morgan fingerprint density at radius 1 is 1.00 bits per heavy atom. The Balaban J connectivity index is 0.000000302. The molecule has 0 bridgehead atoms. The zero-order valence-corrected chi connectivity index (χ0v) is 12.5. The number of hydrogen-bond donors (Lipinski definition) is 0. The quantitative estimate of drug-likeness (QED) is 0.708. The molecule has 0 aliphatic carbocycles. The average molecular weight is 286 g/mol. The molecule has 1 saturated heterocycles. The van der Waals surface area contributed by atoms with E-state index in [4.69, 9.17) is 0 Å². The summed E-state index contributed by atoms with van der Waals surface area (Å²) in [5.41, 5.74) is 0. The van der Waals surface area contributed by atoms with E-state index in [0.717, 1.165) is 0 Å². The number of sulfonamides is 2. The molecule has 0 aromatic heterocycles. The van der Waals surface area contributed by atoms with Crippen molar-refractivity contribution < 1.29 is 21.3 Å². The molecule has 1 rings (SSSR count). The van der Waals surface area contributed by atoms with Gasteiger partial charge in [-0.2, -0.15) is 0 Å². The summed E-state index contributed by atoms with van der Waals surface area (Å²) in [6.07, 6.45) is 4.33. The average Bonchev–Trinajstić information content (AvgIpc) is 2.47. The molecular weight excluding hydrogens is 264 g/mol. The second kappa shape index (κ2) is 6.12. The van der Waals surface area contributed by atoms with E-state index in [1.165, 1.54) is 37.0 Å². The molecular formula is C9H22N2O4S2. The van der Waals surface area contributed by atoms with Gasteiger partial charge in [0, 0.05) is 25.4 Å². The van der Waals surface area contributed by atoms with E-state index >= 15 is 0 Å². The first kappa shape index (κ1) is 16.8. The van der Waals surface area contributed by atoms with E-state index < -0.39 is 20.0 Å². The summed E-state index contributed by atoms with van der Waals surface area (Å²) in [7, 11) is -5.14. The number of rotatable bonds is 3. The van der Waals surface area contributed by atoms with Gasteiger partial charge in [-0.3, -0.25) is 0 Å². The maximum absolute atomic E-state index is 10.1. The van der Waals surface area contributed by atoms with Crippen molar-refractivity contribution in [3.8, 4) is 0 Å². The Morgan fingerprint density at radius 2 is 1.35 bits per heavy atom. The Morgan fingerprint density at radius 3 is 1.47 bits per heavy atom. The first-order valence-corrected chi connectivity index (χ1v) is 9.15. The molecule has 0 saturated carbocycles. The van der Waals surface area contributed by atoms with Crippen LogP contribution in [0.15, 0.2) is 0 Å². The number of quaternary nitrogens is 1. The Labute approximate surface area is 105 Å². The highest BCUT2D eigenvalue weighted by Crippen LogP contribution is 2.14. The van der Waals surface area contributed by atoms with Crippen molar-refractivity contribution in [3.63, 3.8) is 0 Å². The highest BCUT2D eigenvalue weighted by molar-refractivity contribution is 8.11. The third-order valence-electron chi connectivity index (χ3n) is 2.68. The van der Waals surface area contributed by atoms with Crippen LogP contribution in [0.5, 0.6) is 0 Å². The Bertz CT molecular complexity index is 392. The predicted molar refractivity (Wildman–Crippen MR) is 68.7 cm³/mol. The number of hydrogen-bond acceptors (Lipinski definition) is 4. The maximum Gasteiger partial charge on any atom is 0.0801 e. The molecule has 6 nitrogen and oxygen atoms in total. The van der Waals surface area contributed by atoms with Crippen molar-refractivity contribution in [2.75, 3.05) is 39.2 Å². The molecule has 0 aromatic rings. The van der Waals surface area contributed by atoms with Crippen molar-refractivity contribution in [2.24, 2.45) is 0 Å². The van der Waals surface area contributed by atoms with Gasteiger partial charge in [-0.05, 0) is 6.92 Å². The molecule has 8 heteroatoms. The molecule has 0 spiro atoms. The van der Waals surface area contributed by atoms with Gasteiger partial charge in [0.25, 0.3) is 0 Å². The number of likely N-dealkylation sites (tertiary alicyclic amines) is 1. The van der Waals surface area contributed by atoms with E-state index in [0.29, 0.717) is 12.5 Å². The fraction of sp³-hybridized carbons (Fsp3) is 1.00. The lowest BCUT2D eigenvalue weighted by Gasteiger charge is -2.26. The van der Waals surface area contributed by atoms with E-state index in [9.17, 15) is 16.8 Å². The topological polar surface area (TPSA) is 82.4 Å². The Kier molecular flexibility index (Phi) is 6.06. The third kappa shape index (κ3) is 9.51. The van der Waals surface area contributed by atoms with Crippen molar-refractivity contribution in [2.45, 2.75) is 19.8 Å². The molecule has 1 fully saturated rings. The van der Waals surface area contributed by atoms with Crippen LogP contribution in [0.2, 0.25) is 0 Å². The Hall–Kier alpha value is -0.180. The van der Waals surface area contributed by atoms with Crippen LogP contribution in [-0.4, -0.2) is 60.5 Å². The summed E-state index contributed by atoms with van der Waals surface area (Å²) >= 11 is 0. The third-order valence-corrected chi connectivity index (χ3v) is 4.85. The first-order valence-electron chi connectivity index (χ1n) is 5.45. The highest BCUT2D eigenvalue weighted by atomic mass is 32.3. The first-order chi connectivity index (χ1) is 7.47. The second-order valence-electron chi connectivity index (χ2n) is 4.63. The predicted octanol–water partition coefficient (Wildman–Crippen LogP) is 0.526. The molecule has 1 aliphatic heterocycles. The largest absolute Gasteiger partial charge is 0.437 e. The van der Waals surface area contributed by atoms with Crippen LogP contribution in [0.4, 0.5) is 0 Å². The summed E-state index contributed by atoms with van der Waals surface area (Å²) < 4.78 is 44.2. The van der Waals surface area contributed by atoms with Crippen molar-refractivity contribution in [3.05, 3.63) is 4.13 Å². The minimum absolute atomic E-state index is 0.716. The van der Waals surface area contributed by atoms with Crippen LogP contribution in [0.1, 0.15) is 19.8 Å². The lowest BCUT2D eigenvalue weighted by Crippen LogP contribution is -2.40.